The molecule has 0 radical (unpaired) electrons. The minimum Gasteiger partial charge on any atom is -0.390 e. The highest BCUT2D eigenvalue weighted by atomic mass is 16.3. The molecule has 0 saturated carbocycles. The van der Waals surface area contributed by atoms with E-state index in [1.807, 2.05) is 36.4 Å². The van der Waals surface area contributed by atoms with E-state index >= 15 is 0 Å². The summed E-state index contributed by atoms with van der Waals surface area (Å²) in [6.45, 7) is 3.36. The molecule has 0 atom stereocenters. The third-order valence-corrected chi connectivity index (χ3v) is 4.26. The highest BCUT2D eigenvalue weighted by molar-refractivity contribution is 6.22. The van der Waals surface area contributed by atoms with Crippen molar-refractivity contribution in [3.05, 3.63) is 60.7 Å². The van der Waals surface area contributed by atoms with Crippen molar-refractivity contribution in [2.45, 2.75) is 32.3 Å². The van der Waals surface area contributed by atoms with Gasteiger partial charge in [0.25, 0.3) is 11.8 Å². The lowest BCUT2D eigenvalue weighted by atomic mass is 9.94. The molecule has 2 aromatic rings. The Labute approximate surface area is 147 Å². The average molecular weight is 338 g/mol. The van der Waals surface area contributed by atoms with Crippen molar-refractivity contribution in [2.75, 3.05) is 10.0 Å². The summed E-state index contributed by atoms with van der Waals surface area (Å²) in [4.78, 5) is 26.0. The maximum Gasteiger partial charge on any atom is 0.258 e. The van der Waals surface area contributed by atoms with Gasteiger partial charge in [0.2, 0.25) is 0 Å². The largest absolute Gasteiger partial charge is 0.390 e. The molecule has 0 unspecified atom stereocenters. The smallest absolute Gasteiger partial charge is 0.258 e. The number of hydrazine groups is 1. The standard InChI is InChI=1S/C20H22N2O3/c1-20(2,25)14-13-17-18(23)21(15-9-5-3-6-10-15)22(19(17)24)16-11-7-4-8-12-16/h3-12,17,25H,13-14H2,1-2H3. The van der Waals surface area contributed by atoms with Gasteiger partial charge in [0.05, 0.1) is 17.0 Å². The van der Waals surface area contributed by atoms with Crippen molar-refractivity contribution in [2.24, 2.45) is 5.92 Å². The molecule has 2 amide bonds. The van der Waals surface area contributed by atoms with E-state index in [-0.39, 0.29) is 11.8 Å². The highest BCUT2D eigenvalue weighted by Crippen LogP contribution is 2.34. The SMILES string of the molecule is CC(C)(O)CCC1C(=O)N(c2ccccc2)N(c2ccccc2)C1=O. The van der Waals surface area contributed by atoms with Crippen LogP contribution in [0.15, 0.2) is 60.7 Å². The average Bonchev–Trinajstić information content (AvgIpc) is 2.84. The summed E-state index contributed by atoms with van der Waals surface area (Å²) in [7, 11) is 0. The first kappa shape index (κ1) is 17.2. The zero-order valence-electron chi connectivity index (χ0n) is 14.4. The molecule has 1 aliphatic rings. The predicted molar refractivity (Wildman–Crippen MR) is 96.9 cm³/mol. The fourth-order valence-electron chi connectivity index (χ4n) is 2.97. The van der Waals surface area contributed by atoms with E-state index < -0.39 is 11.5 Å². The molecule has 0 bridgehead atoms. The number of anilines is 2. The van der Waals surface area contributed by atoms with Crippen LogP contribution in [0.2, 0.25) is 0 Å². The van der Waals surface area contributed by atoms with Crippen LogP contribution < -0.4 is 10.0 Å². The number of nitrogens with zero attached hydrogens (tertiary/aromatic N) is 2. The van der Waals surface area contributed by atoms with Crippen molar-refractivity contribution in [3.63, 3.8) is 0 Å². The zero-order valence-corrected chi connectivity index (χ0v) is 14.4. The van der Waals surface area contributed by atoms with Gasteiger partial charge in [-0.05, 0) is 51.0 Å². The lowest BCUT2D eigenvalue weighted by Crippen LogP contribution is -2.41. The molecule has 0 aliphatic carbocycles. The molecular formula is C20H22N2O3. The second-order valence-corrected chi connectivity index (χ2v) is 6.87. The second kappa shape index (κ2) is 6.69. The van der Waals surface area contributed by atoms with Crippen molar-refractivity contribution >= 4 is 23.2 Å². The van der Waals surface area contributed by atoms with E-state index in [2.05, 4.69) is 0 Å². The molecule has 1 aliphatic heterocycles. The topological polar surface area (TPSA) is 60.9 Å². The van der Waals surface area contributed by atoms with Crippen molar-refractivity contribution in [1.29, 1.82) is 0 Å². The number of hydrogen-bond donors (Lipinski definition) is 1. The monoisotopic (exact) mass is 338 g/mol. The van der Waals surface area contributed by atoms with Gasteiger partial charge in [-0.1, -0.05) is 36.4 Å². The van der Waals surface area contributed by atoms with Gasteiger partial charge >= 0.3 is 0 Å². The van der Waals surface area contributed by atoms with Crippen LogP contribution in [0.1, 0.15) is 26.7 Å². The van der Waals surface area contributed by atoms with Crippen LogP contribution in [-0.4, -0.2) is 22.5 Å². The van der Waals surface area contributed by atoms with Crippen LogP contribution in [0.5, 0.6) is 0 Å². The molecule has 0 spiro atoms. The van der Waals surface area contributed by atoms with Gasteiger partial charge in [0.15, 0.2) is 0 Å². The molecule has 5 heteroatoms. The first-order valence-corrected chi connectivity index (χ1v) is 8.39. The summed E-state index contributed by atoms with van der Waals surface area (Å²) in [6.07, 6.45) is 0.689. The minimum atomic E-state index is -0.918. The minimum absolute atomic E-state index is 0.260. The van der Waals surface area contributed by atoms with Crippen LogP contribution in [0.3, 0.4) is 0 Å². The Kier molecular flexibility index (Phi) is 4.59. The molecule has 3 rings (SSSR count). The van der Waals surface area contributed by atoms with Gasteiger partial charge in [-0.2, -0.15) is 0 Å². The van der Waals surface area contributed by atoms with Crippen LogP contribution in [0.4, 0.5) is 11.4 Å². The van der Waals surface area contributed by atoms with Gasteiger partial charge < -0.3 is 5.11 Å². The van der Waals surface area contributed by atoms with Gasteiger partial charge in [-0.3, -0.25) is 9.59 Å². The van der Waals surface area contributed by atoms with Crippen LogP contribution in [0.25, 0.3) is 0 Å². The Bertz CT molecular complexity index is 696. The van der Waals surface area contributed by atoms with E-state index in [9.17, 15) is 14.7 Å². The first-order valence-electron chi connectivity index (χ1n) is 8.39. The molecule has 1 saturated heterocycles. The zero-order chi connectivity index (χ0) is 18.0. The van der Waals surface area contributed by atoms with Crippen LogP contribution >= 0.6 is 0 Å². The summed E-state index contributed by atoms with van der Waals surface area (Å²) >= 11 is 0. The van der Waals surface area contributed by atoms with Gasteiger partial charge in [0, 0.05) is 0 Å². The molecule has 5 nitrogen and oxygen atoms in total. The quantitative estimate of drug-likeness (QED) is 0.852. The maximum absolute atomic E-state index is 13.0. The first-order chi connectivity index (χ1) is 11.9. The Morgan fingerprint density at radius 3 is 1.60 bits per heavy atom. The van der Waals surface area contributed by atoms with Gasteiger partial charge in [-0.15, -0.1) is 0 Å². The van der Waals surface area contributed by atoms with Crippen molar-refractivity contribution in [3.8, 4) is 0 Å². The number of hydrogen-bond acceptors (Lipinski definition) is 3. The third kappa shape index (κ3) is 3.56. The summed E-state index contributed by atoms with van der Waals surface area (Å²) < 4.78 is 0. The summed E-state index contributed by atoms with van der Waals surface area (Å²) in [5.74, 6) is -1.31. The Morgan fingerprint density at radius 2 is 1.24 bits per heavy atom. The van der Waals surface area contributed by atoms with Crippen LogP contribution in [-0.2, 0) is 9.59 Å². The molecule has 130 valence electrons. The van der Waals surface area contributed by atoms with Crippen LogP contribution in [0, 0.1) is 5.92 Å². The number of amides is 2. The second-order valence-electron chi connectivity index (χ2n) is 6.87. The van der Waals surface area contributed by atoms with Crippen molar-refractivity contribution < 1.29 is 14.7 Å². The molecule has 1 N–H and O–H groups in total. The van der Waals surface area contributed by atoms with Crippen molar-refractivity contribution in [1.82, 2.24) is 0 Å². The number of carbonyl (C=O) groups excluding carboxylic acids is 2. The fraction of sp³-hybridized carbons (Fsp3) is 0.300. The normalized spacial score (nSPS) is 16.0. The molecule has 1 fully saturated rings. The number of para-hydroxylation sites is 2. The summed E-state index contributed by atoms with van der Waals surface area (Å²) in [5, 5.41) is 12.8. The molecular weight excluding hydrogens is 316 g/mol. The van der Waals surface area contributed by atoms with E-state index in [4.69, 9.17) is 0 Å². The highest BCUT2D eigenvalue weighted by Gasteiger charge is 2.47. The van der Waals surface area contributed by atoms with E-state index in [0.717, 1.165) is 0 Å². The Morgan fingerprint density at radius 1 is 0.840 bits per heavy atom. The summed E-state index contributed by atoms with van der Waals surface area (Å²) in [6, 6.07) is 18.3. The van der Waals surface area contributed by atoms with Gasteiger partial charge in [0.1, 0.15) is 5.92 Å². The number of benzene rings is 2. The number of carbonyl (C=O) groups is 2. The van der Waals surface area contributed by atoms with E-state index in [0.29, 0.717) is 24.2 Å². The summed E-state index contributed by atoms with van der Waals surface area (Å²) in [5.41, 5.74) is 0.379. The fourth-order valence-corrected chi connectivity index (χ4v) is 2.97. The third-order valence-electron chi connectivity index (χ3n) is 4.26. The maximum atomic E-state index is 13.0. The number of aliphatic hydroxyl groups is 1. The predicted octanol–water partition coefficient (Wildman–Crippen LogP) is 3.15. The Hall–Kier alpha value is -2.66. The Balaban J connectivity index is 1.98. The lowest BCUT2D eigenvalue weighted by Gasteiger charge is -2.27. The molecule has 2 aromatic carbocycles. The van der Waals surface area contributed by atoms with E-state index in [1.165, 1.54) is 10.0 Å². The number of rotatable bonds is 5. The van der Waals surface area contributed by atoms with E-state index in [1.54, 1.807) is 38.1 Å². The lowest BCUT2D eigenvalue weighted by molar-refractivity contribution is -0.127. The molecule has 0 aromatic heterocycles. The van der Waals surface area contributed by atoms with Gasteiger partial charge in [-0.25, -0.2) is 10.0 Å². The molecule has 1 heterocycles. The molecule has 25 heavy (non-hydrogen) atoms.